The molecule has 0 amide bonds. The van der Waals surface area contributed by atoms with E-state index in [0.717, 1.165) is 18.9 Å². The summed E-state index contributed by atoms with van der Waals surface area (Å²) in [5.41, 5.74) is 0. The number of carbonyl (C=O) groups excluding carboxylic acids is 1. The second-order valence-electron chi connectivity index (χ2n) is 5.18. The van der Waals surface area contributed by atoms with E-state index in [9.17, 15) is 4.79 Å². The molecule has 0 bridgehead atoms. The molecule has 0 fully saturated rings. The fourth-order valence-electron chi connectivity index (χ4n) is 1.41. The monoisotopic (exact) mass is 241 g/mol. The van der Waals surface area contributed by atoms with E-state index in [4.69, 9.17) is 9.69 Å². The Morgan fingerprint density at radius 2 is 2.06 bits per heavy atom. The van der Waals surface area contributed by atoms with Crippen LogP contribution in [0.5, 0.6) is 0 Å². The molecule has 92 valence electrons. The molecule has 0 unspecified atom stereocenters. The molecule has 0 atom stereocenters. The topological polar surface area (TPSA) is 50.1 Å². The van der Waals surface area contributed by atoms with Gasteiger partial charge in [0.05, 0.1) is 6.07 Å². The summed E-state index contributed by atoms with van der Waals surface area (Å²) in [6, 6.07) is 3.00. The van der Waals surface area contributed by atoms with E-state index in [1.54, 1.807) is 0 Å². The zero-order valence-corrected chi connectivity index (χ0v) is 11.9. The Morgan fingerprint density at radius 1 is 1.44 bits per heavy atom. The second kappa shape index (κ2) is 7.45. The number of hydrogen-bond acceptors (Lipinski definition) is 3. The minimum absolute atomic E-state index is 0.0673. The number of rotatable bonds is 7. The van der Waals surface area contributed by atoms with Crippen molar-refractivity contribution in [2.75, 3.05) is 0 Å². The van der Waals surface area contributed by atoms with Crippen molar-refractivity contribution in [2.45, 2.75) is 58.7 Å². The third kappa shape index (κ3) is 8.48. The van der Waals surface area contributed by atoms with Gasteiger partial charge < -0.3 is 4.43 Å². The molecule has 0 aliphatic carbocycles. The van der Waals surface area contributed by atoms with Crippen LogP contribution in [0.25, 0.3) is 0 Å². The van der Waals surface area contributed by atoms with Crippen molar-refractivity contribution in [3.8, 4) is 6.07 Å². The third-order valence-corrected chi connectivity index (χ3v) is 4.72. The summed E-state index contributed by atoms with van der Waals surface area (Å²) >= 11 is 0. The molecular formula is C12H23NO2Si. The Kier molecular flexibility index (Phi) is 7.07. The van der Waals surface area contributed by atoms with Crippen molar-refractivity contribution < 1.29 is 9.22 Å². The number of hydrogen-bond donors (Lipinski definition) is 0. The molecule has 0 saturated carbocycles. The van der Waals surface area contributed by atoms with E-state index in [2.05, 4.69) is 19.9 Å². The quantitative estimate of drug-likeness (QED) is 0.506. The molecule has 0 rings (SSSR count). The Balaban J connectivity index is 3.86. The van der Waals surface area contributed by atoms with Crippen molar-refractivity contribution in [3.63, 3.8) is 0 Å². The van der Waals surface area contributed by atoms with Gasteiger partial charge in [-0.15, -0.1) is 0 Å². The molecule has 0 aromatic rings. The van der Waals surface area contributed by atoms with E-state index in [1.807, 2.05) is 13.1 Å². The summed E-state index contributed by atoms with van der Waals surface area (Å²) in [5.74, 6) is 0.471. The van der Waals surface area contributed by atoms with Crippen molar-refractivity contribution in [1.82, 2.24) is 0 Å². The molecule has 0 aromatic carbocycles. The van der Waals surface area contributed by atoms with Crippen LogP contribution in [0.15, 0.2) is 0 Å². The van der Waals surface area contributed by atoms with E-state index < -0.39 is 8.32 Å². The van der Waals surface area contributed by atoms with Crippen molar-refractivity contribution in [3.05, 3.63) is 0 Å². The minimum Gasteiger partial charge on any atom is -0.520 e. The van der Waals surface area contributed by atoms with Gasteiger partial charge >= 0.3 is 0 Å². The highest BCUT2D eigenvalue weighted by atomic mass is 28.4. The zero-order chi connectivity index (χ0) is 12.6. The molecule has 0 heterocycles. The summed E-state index contributed by atoms with van der Waals surface area (Å²) in [7, 11) is -1.88. The van der Waals surface area contributed by atoms with Crippen LogP contribution in [0.3, 0.4) is 0 Å². The van der Waals surface area contributed by atoms with Gasteiger partial charge in [0.25, 0.3) is 5.97 Å². The molecule has 16 heavy (non-hydrogen) atoms. The first-order valence-corrected chi connectivity index (χ1v) is 9.07. The third-order valence-electron chi connectivity index (χ3n) is 2.38. The van der Waals surface area contributed by atoms with Crippen LogP contribution in [0, 0.1) is 17.2 Å². The van der Waals surface area contributed by atoms with Gasteiger partial charge in [-0.2, -0.15) is 5.26 Å². The fourth-order valence-corrected chi connectivity index (χ4v) is 3.26. The molecule has 0 aromatic heterocycles. The van der Waals surface area contributed by atoms with Crippen LogP contribution in [0.1, 0.15) is 39.5 Å². The SMILES string of the molecule is CC(C)CCC(=O)O[Si](C)(C)CCCC#N. The predicted molar refractivity (Wildman–Crippen MR) is 67.3 cm³/mol. The van der Waals surface area contributed by atoms with Crippen molar-refractivity contribution in [2.24, 2.45) is 5.92 Å². The summed E-state index contributed by atoms with van der Waals surface area (Å²) in [4.78, 5) is 11.5. The largest absolute Gasteiger partial charge is 0.520 e. The van der Waals surface area contributed by atoms with Crippen molar-refractivity contribution >= 4 is 14.3 Å². The van der Waals surface area contributed by atoms with Gasteiger partial charge in [-0.1, -0.05) is 13.8 Å². The molecule has 0 radical (unpaired) electrons. The van der Waals surface area contributed by atoms with Crippen LogP contribution in [-0.2, 0) is 9.22 Å². The number of unbranched alkanes of at least 4 members (excludes halogenated alkanes) is 1. The van der Waals surface area contributed by atoms with Gasteiger partial charge in [0, 0.05) is 12.8 Å². The molecule has 4 heteroatoms. The highest BCUT2D eigenvalue weighted by Gasteiger charge is 2.26. The molecule has 3 nitrogen and oxygen atoms in total. The molecule has 0 aliphatic rings. The summed E-state index contributed by atoms with van der Waals surface area (Å²) in [5, 5.41) is 8.45. The molecule has 0 saturated heterocycles. The van der Waals surface area contributed by atoms with Gasteiger partial charge in [0.2, 0.25) is 8.32 Å². The lowest BCUT2D eigenvalue weighted by atomic mass is 10.1. The summed E-state index contributed by atoms with van der Waals surface area (Å²) < 4.78 is 5.53. The fraction of sp³-hybridized carbons (Fsp3) is 0.833. The maximum absolute atomic E-state index is 11.5. The normalized spacial score (nSPS) is 11.2. The smallest absolute Gasteiger partial charge is 0.292 e. The standard InChI is InChI=1S/C12H23NO2Si/c1-11(2)7-8-12(14)15-16(3,4)10-6-5-9-13/h11H,5-8,10H2,1-4H3. The summed E-state index contributed by atoms with van der Waals surface area (Å²) in [6.07, 6.45) is 2.81. The Morgan fingerprint density at radius 3 is 2.56 bits per heavy atom. The number of nitriles is 1. The average Bonchev–Trinajstić information content (AvgIpc) is 2.14. The van der Waals surface area contributed by atoms with Gasteiger partial charge in [0.1, 0.15) is 0 Å². The summed E-state index contributed by atoms with van der Waals surface area (Å²) in [6.45, 7) is 8.28. The molecule has 0 N–H and O–H groups in total. The van der Waals surface area contributed by atoms with Crippen LogP contribution in [0.2, 0.25) is 19.1 Å². The van der Waals surface area contributed by atoms with E-state index in [0.29, 0.717) is 18.8 Å². The van der Waals surface area contributed by atoms with Gasteiger partial charge in [-0.05, 0) is 37.9 Å². The first-order valence-electron chi connectivity index (χ1n) is 5.96. The van der Waals surface area contributed by atoms with E-state index >= 15 is 0 Å². The van der Waals surface area contributed by atoms with Crippen LogP contribution < -0.4 is 0 Å². The first-order chi connectivity index (χ1) is 7.37. The lowest BCUT2D eigenvalue weighted by Crippen LogP contribution is -2.33. The maximum atomic E-state index is 11.5. The van der Waals surface area contributed by atoms with Crippen molar-refractivity contribution in [1.29, 1.82) is 5.26 Å². The molecular weight excluding hydrogens is 218 g/mol. The van der Waals surface area contributed by atoms with Gasteiger partial charge in [-0.3, -0.25) is 4.79 Å². The molecule has 0 spiro atoms. The lowest BCUT2D eigenvalue weighted by molar-refractivity contribution is -0.135. The Bertz CT molecular complexity index is 256. The lowest BCUT2D eigenvalue weighted by Gasteiger charge is -2.22. The average molecular weight is 241 g/mol. The Hall–Kier alpha value is -0.823. The second-order valence-corrected chi connectivity index (χ2v) is 9.40. The van der Waals surface area contributed by atoms with Gasteiger partial charge in [0.15, 0.2) is 0 Å². The van der Waals surface area contributed by atoms with E-state index in [-0.39, 0.29) is 5.97 Å². The Labute approximate surface area is 99.9 Å². The minimum atomic E-state index is -1.88. The highest BCUT2D eigenvalue weighted by Crippen LogP contribution is 2.17. The van der Waals surface area contributed by atoms with Gasteiger partial charge in [-0.25, -0.2) is 0 Å². The predicted octanol–water partition coefficient (Wildman–Crippen LogP) is 3.47. The van der Waals surface area contributed by atoms with Crippen LogP contribution in [0.4, 0.5) is 0 Å². The zero-order valence-electron chi connectivity index (χ0n) is 10.9. The maximum Gasteiger partial charge on any atom is 0.292 e. The number of carbonyl (C=O) groups is 1. The van der Waals surface area contributed by atoms with E-state index in [1.165, 1.54) is 0 Å². The number of nitrogens with zero attached hydrogens (tertiary/aromatic N) is 1. The highest BCUT2D eigenvalue weighted by molar-refractivity contribution is 6.72. The first kappa shape index (κ1) is 15.2. The molecule has 0 aliphatic heterocycles. The van der Waals surface area contributed by atoms with Crippen LogP contribution in [-0.4, -0.2) is 14.3 Å². The van der Waals surface area contributed by atoms with Crippen LogP contribution >= 0.6 is 0 Å².